The van der Waals surface area contributed by atoms with E-state index in [0.29, 0.717) is 6.10 Å². The van der Waals surface area contributed by atoms with Gasteiger partial charge in [0, 0.05) is 6.04 Å². The maximum Gasteiger partial charge on any atom is 0.0979 e. The van der Waals surface area contributed by atoms with E-state index in [9.17, 15) is 0 Å². The maximum atomic E-state index is 6.20. The van der Waals surface area contributed by atoms with Crippen LogP contribution in [0.25, 0.3) is 0 Å². The Bertz CT molecular complexity index is 360. The minimum Gasteiger partial charge on any atom is -0.369 e. The molecule has 2 N–H and O–H groups in total. The SMILES string of the molecule is CCC(N)C(OC1CCC1)c1cccc(C)c1. The van der Waals surface area contributed by atoms with Crippen molar-refractivity contribution in [3.05, 3.63) is 35.4 Å². The summed E-state index contributed by atoms with van der Waals surface area (Å²) in [7, 11) is 0. The van der Waals surface area contributed by atoms with Crippen LogP contribution in [0.15, 0.2) is 24.3 Å². The molecule has 94 valence electrons. The molecule has 0 bridgehead atoms. The molecular formula is C15H23NO. The standard InChI is InChI=1S/C15H23NO/c1-3-14(16)15(17-13-8-5-9-13)12-7-4-6-11(2)10-12/h4,6-7,10,13-15H,3,5,8-9,16H2,1-2H3. The molecule has 1 fully saturated rings. The summed E-state index contributed by atoms with van der Waals surface area (Å²) < 4.78 is 6.16. The van der Waals surface area contributed by atoms with Crippen molar-refractivity contribution in [2.45, 2.75) is 57.8 Å². The van der Waals surface area contributed by atoms with Crippen molar-refractivity contribution >= 4 is 0 Å². The average molecular weight is 233 g/mol. The fourth-order valence-corrected chi connectivity index (χ4v) is 2.20. The van der Waals surface area contributed by atoms with Crippen molar-refractivity contribution in [2.24, 2.45) is 5.73 Å². The molecule has 0 amide bonds. The quantitative estimate of drug-likeness (QED) is 0.846. The largest absolute Gasteiger partial charge is 0.369 e. The van der Waals surface area contributed by atoms with Gasteiger partial charge >= 0.3 is 0 Å². The van der Waals surface area contributed by atoms with Crippen LogP contribution < -0.4 is 5.73 Å². The third-order valence-electron chi connectivity index (χ3n) is 3.62. The molecule has 0 spiro atoms. The number of hydrogen-bond acceptors (Lipinski definition) is 2. The number of rotatable bonds is 5. The highest BCUT2D eigenvalue weighted by Crippen LogP contribution is 2.31. The molecule has 0 aliphatic heterocycles. The topological polar surface area (TPSA) is 35.2 Å². The van der Waals surface area contributed by atoms with E-state index in [0.717, 1.165) is 6.42 Å². The number of hydrogen-bond donors (Lipinski definition) is 1. The summed E-state index contributed by atoms with van der Waals surface area (Å²) >= 11 is 0. The molecule has 2 nitrogen and oxygen atoms in total. The zero-order valence-corrected chi connectivity index (χ0v) is 10.9. The van der Waals surface area contributed by atoms with Crippen LogP contribution in [0.1, 0.15) is 49.8 Å². The molecule has 1 saturated carbocycles. The molecule has 1 aromatic rings. The molecule has 2 unspecified atom stereocenters. The summed E-state index contributed by atoms with van der Waals surface area (Å²) in [6.45, 7) is 4.24. The van der Waals surface area contributed by atoms with Gasteiger partial charge in [-0.1, -0.05) is 36.8 Å². The van der Waals surface area contributed by atoms with Crippen molar-refractivity contribution in [3.63, 3.8) is 0 Å². The van der Waals surface area contributed by atoms with E-state index < -0.39 is 0 Å². The van der Waals surface area contributed by atoms with Crippen molar-refractivity contribution in [1.82, 2.24) is 0 Å². The lowest BCUT2D eigenvalue weighted by atomic mass is 9.94. The average Bonchev–Trinajstić information content (AvgIpc) is 2.27. The Morgan fingerprint density at radius 1 is 1.41 bits per heavy atom. The molecule has 1 aromatic carbocycles. The molecule has 0 aromatic heterocycles. The summed E-state index contributed by atoms with van der Waals surface area (Å²) in [5, 5.41) is 0. The van der Waals surface area contributed by atoms with E-state index in [1.807, 2.05) is 0 Å². The Hall–Kier alpha value is -0.860. The molecule has 1 aliphatic carbocycles. The predicted octanol–water partition coefficient (Wildman–Crippen LogP) is 3.34. The van der Waals surface area contributed by atoms with Crippen LogP contribution in [0.3, 0.4) is 0 Å². The molecule has 2 heteroatoms. The van der Waals surface area contributed by atoms with Crippen molar-refractivity contribution in [2.75, 3.05) is 0 Å². The fourth-order valence-electron chi connectivity index (χ4n) is 2.20. The molecule has 0 radical (unpaired) electrons. The van der Waals surface area contributed by atoms with E-state index in [2.05, 4.69) is 38.1 Å². The second kappa shape index (κ2) is 5.65. The predicted molar refractivity (Wildman–Crippen MR) is 70.9 cm³/mol. The third-order valence-corrected chi connectivity index (χ3v) is 3.62. The molecule has 0 saturated heterocycles. The van der Waals surface area contributed by atoms with E-state index >= 15 is 0 Å². The van der Waals surface area contributed by atoms with Gasteiger partial charge in [-0.05, 0) is 38.2 Å². The van der Waals surface area contributed by atoms with Gasteiger partial charge in [-0.15, -0.1) is 0 Å². The lowest BCUT2D eigenvalue weighted by Gasteiger charge is -2.33. The van der Waals surface area contributed by atoms with Crippen LogP contribution in [0, 0.1) is 6.92 Å². The van der Waals surface area contributed by atoms with Crippen LogP contribution in [0.5, 0.6) is 0 Å². The highest BCUT2D eigenvalue weighted by atomic mass is 16.5. The summed E-state index contributed by atoms with van der Waals surface area (Å²) in [4.78, 5) is 0. The number of nitrogens with two attached hydrogens (primary N) is 1. The molecule has 0 heterocycles. The Morgan fingerprint density at radius 2 is 2.18 bits per heavy atom. The second-order valence-electron chi connectivity index (χ2n) is 5.10. The Balaban J connectivity index is 2.13. The van der Waals surface area contributed by atoms with Crippen LogP contribution in [-0.4, -0.2) is 12.1 Å². The first-order valence-corrected chi connectivity index (χ1v) is 6.68. The van der Waals surface area contributed by atoms with Gasteiger partial charge in [0.25, 0.3) is 0 Å². The second-order valence-corrected chi connectivity index (χ2v) is 5.10. The van der Waals surface area contributed by atoms with Gasteiger partial charge < -0.3 is 10.5 Å². The van der Waals surface area contributed by atoms with Gasteiger partial charge in [-0.2, -0.15) is 0 Å². The van der Waals surface area contributed by atoms with Crippen LogP contribution in [0.4, 0.5) is 0 Å². The maximum absolute atomic E-state index is 6.20. The fraction of sp³-hybridized carbons (Fsp3) is 0.600. The summed E-state index contributed by atoms with van der Waals surface area (Å²) in [6.07, 6.45) is 5.12. The van der Waals surface area contributed by atoms with Crippen molar-refractivity contribution in [1.29, 1.82) is 0 Å². The molecule has 17 heavy (non-hydrogen) atoms. The van der Waals surface area contributed by atoms with Gasteiger partial charge in [-0.3, -0.25) is 0 Å². The zero-order chi connectivity index (χ0) is 12.3. The van der Waals surface area contributed by atoms with Gasteiger partial charge in [0.15, 0.2) is 0 Å². The Labute approximate surface area is 104 Å². The summed E-state index contributed by atoms with van der Waals surface area (Å²) in [6, 6.07) is 8.62. The lowest BCUT2D eigenvalue weighted by Crippen LogP contribution is -2.34. The first-order chi connectivity index (χ1) is 8.20. The first-order valence-electron chi connectivity index (χ1n) is 6.68. The third kappa shape index (κ3) is 3.08. The first kappa shape index (κ1) is 12.6. The minimum atomic E-state index is 0.0604. The number of benzene rings is 1. The molecule has 2 atom stereocenters. The van der Waals surface area contributed by atoms with Gasteiger partial charge in [0.05, 0.1) is 12.2 Å². The van der Waals surface area contributed by atoms with E-state index in [-0.39, 0.29) is 12.1 Å². The van der Waals surface area contributed by atoms with E-state index in [4.69, 9.17) is 10.5 Å². The Kier molecular flexibility index (Phi) is 4.19. The number of ether oxygens (including phenoxy) is 1. The lowest BCUT2D eigenvalue weighted by molar-refractivity contribution is -0.0638. The van der Waals surface area contributed by atoms with Crippen LogP contribution in [-0.2, 0) is 4.74 Å². The zero-order valence-electron chi connectivity index (χ0n) is 10.9. The number of aryl methyl sites for hydroxylation is 1. The minimum absolute atomic E-state index is 0.0604. The van der Waals surface area contributed by atoms with Gasteiger partial charge in [0.2, 0.25) is 0 Å². The normalized spacial score (nSPS) is 19.7. The highest BCUT2D eigenvalue weighted by molar-refractivity contribution is 5.25. The Morgan fingerprint density at radius 3 is 2.71 bits per heavy atom. The molecule has 1 aliphatic rings. The summed E-state index contributed by atoms with van der Waals surface area (Å²) in [5.74, 6) is 0. The smallest absolute Gasteiger partial charge is 0.0979 e. The molecular weight excluding hydrogens is 210 g/mol. The monoisotopic (exact) mass is 233 g/mol. The van der Waals surface area contributed by atoms with Crippen LogP contribution in [0.2, 0.25) is 0 Å². The summed E-state index contributed by atoms with van der Waals surface area (Å²) in [5.41, 5.74) is 8.70. The van der Waals surface area contributed by atoms with E-state index in [1.54, 1.807) is 0 Å². The van der Waals surface area contributed by atoms with Crippen molar-refractivity contribution < 1.29 is 4.74 Å². The van der Waals surface area contributed by atoms with Crippen LogP contribution >= 0.6 is 0 Å². The van der Waals surface area contributed by atoms with Gasteiger partial charge in [0.1, 0.15) is 0 Å². The van der Waals surface area contributed by atoms with Crippen molar-refractivity contribution in [3.8, 4) is 0 Å². The molecule has 2 rings (SSSR count). The van der Waals surface area contributed by atoms with E-state index in [1.165, 1.54) is 30.4 Å². The highest BCUT2D eigenvalue weighted by Gasteiger charge is 2.26. The van der Waals surface area contributed by atoms with Gasteiger partial charge in [-0.25, -0.2) is 0 Å².